The second kappa shape index (κ2) is 19.9. The molecule has 3 nitrogen and oxygen atoms in total. The van der Waals surface area contributed by atoms with Gasteiger partial charge in [-0.1, -0.05) is 78.1 Å². The van der Waals surface area contributed by atoms with Crippen LogP contribution in [-0.2, 0) is 14.2 Å². The molecule has 0 radical (unpaired) electrons. The Morgan fingerprint density at radius 2 is 0.810 bits per heavy atom. The van der Waals surface area contributed by atoms with Gasteiger partial charge in [0.1, 0.15) is 13.6 Å². The first-order valence-corrected chi connectivity index (χ1v) is 9.15. The third-order valence-corrected chi connectivity index (χ3v) is 3.62. The van der Waals surface area contributed by atoms with Crippen molar-refractivity contribution in [2.45, 2.75) is 90.9 Å². The molecular weight excluding hydrogens is 264 g/mol. The van der Waals surface area contributed by atoms with Gasteiger partial charge in [0.05, 0.1) is 0 Å². The van der Waals surface area contributed by atoms with Crippen molar-refractivity contribution in [2.24, 2.45) is 0 Å². The highest BCUT2D eigenvalue weighted by atomic mass is 16.7. The molecule has 0 aromatic carbocycles. The van der Waals surface area contributed by atoms with E-state index in [0.29, 0.717) is 13.6 Å². The lowest BCUT2D eigenvalue weighted by atomic mass is 10.1. The molecule has 0 N–H and O–H groups in total. The molecule has 0 saturated carbocycles. The van der Waals surface area contributed by atoms with E-state index >= 15 is 0 Å². The summed E-state index contributed by atoms with van der Waals surface area (Å²) >= 11 is 0. The monoisotopic (exact) mass is 302 g/mol. The van der Waals surface area contributed by atoms with Crippen LogP contribution in [0.2, 0.25) is 0 Å². The fourth-order valence-electron chi connectivity index (χ4n) is 2.24. The Morgan fingerprint density at radius 3 is 1.24 bits per heavy atom. The molecule has 3 heteroatoms. The third-order valence-electron chi connectivity index (χ3n) is 3.62. The van der Waals surface area contributed by atoms with E-state index in [1.165, 1.54) is 64.2 Å². The van der Waals surface area contributed by atoms with Crippen molar-refractivity contribution in [3.05, 3.63) is 0 Å². The lowest BCUT2D eigenvalue weighted by Crippen LogP contribution is -2.06. The highest BCUT2D eigenvalue weighted by Gasteiger charge is 1.93. The Kier molecular flexibility index (Phi) is 19.8. The quantitative estimate of drug-likeness (QED) is 0.241. The van der Waals surface area contributed by atoms with E-state index in [2.05, 4.69) is 13.8 Å². The smallest absolute Gasteiger partial charge is 0.149 e. The van der Waals surface area contributed by atoms with E-state index < -0.39 is 0 Å². The average molecular weight is 302 g/mol. The van der Waals surface area contributed by atoms with Gasteiger partial charge in [0, 0.05) is 13.2 Å². The van der Waals surface area contributed by atoms with Gasteiger partial charge in [0.25, 0.3) is 0 Å². The maximum Gasteiger partial charge on any atom is 0.149 e. The van der Waals surface area contributed by atoms with Gasteiger partial charge < -0.3 is 14.2 Å². The Balaban J connectivity index is 2.90. The fraction of sp³-hybridized carbons (Fsp3) is 1.00. The number of hydrogen-bond acceptors (Lipinski definition) is 3. The first-order chi connectivity index (χ1) is 10.4. The summed E-state index contributed by atoms with van der Waals surface area (Å²) < 4.78 is 16.1. The van der Waals surface area contributed by atoms with Crippen molar-refractivity contribution in [1.29, 1.82) is 0 Å². The molecule has 0 unspecified atom stereocenters. The van der Waals surface area contributed by atoms with Crippen LogP contribution in [0.15, 0.2) is 0 Å². The molecular formula is C18H38O3. The predicted molar refractivity (Wildman–Crippen MR) is 89.5 cm³/mol. The van der Waals surface area contributed by atoms with E-state index in [0.717, 1.165) is 26.1 Å². The van der Waals surface area contributed by atoms with E-state index in [4.69, 9.17) is 14.2 Å². The van der Waals surface area contributed by atoms with Crippen LogP contribution < -0.4 is 0 Å². The normalized spacial score (nSPS) is 11.1. The van der Waals surface area contributed by atoms with Crippen molar-refractivity contribution in [3.63, 3.8) is 0 Å². The minimum absolute atomic E-state index is 0.367. The molecule has 0 amide bonds. The zero-order valence-electron chi connectivity index (χ0n) is 14.5. The lowest BCUT2D eigenvalue weighted by molar-refractivity contribution is -0.131. The van der Waals surface area contributed by atoms with Crippen LogP contribution >= 0.6 is 0 Å². The van der Waals surface area contributed by atoms with Gasteiger partial charge >= 0.3 is 0 Å². The van der Waals surface area contributed by atoms with Crippen molar-refractivity contribution in [2.75, 3.05) is 26.8 Å². The largest absolute Gasteiger partial charge is 0.355 e. The minimum atomic E-state index is 0.367. The highest BCUT2D eigenvalue weighted by Crippen LogP contribution is 2.05. The van der Waals surface area contributed by atoms with Crippen LogP contribution in [0.5, 0.6) is 0 Å². The summed E-state index contributed by atoms with van der Waals surface area (Å²) in [4.78, 5) is 0. The standard InChI is InChI=1S/C18H38O3/c1-3-5-7-9-11-13-15-19-17-21-18-20-16-14-12-10-8-6-4-2/h3-18H2,1-2H3. The van der Waals surface area contributed by atoms with Crippen molar-refractivity contribution in [1.82, 2.24) is 0 Å². The average Bonchev–Trinajstić information content (AvgIpc) is 2.50. The Labute approximate surface area is 132 Å². The second-order valence-electron chi connectivity index (χ2n) is 5.79. The Bertz CT molecular complexity index is 156. The zero-order valence-corrected chi connectivity index (χ0v) is 14.5. The van der Waals surface area contributed by atoms with Crippen LogP contribution in [0.4, 0.5) is 0 Å². The number of unbranched alkanes of at least 4 members (excludes halogenated alkanes) is 10. The lowest BCUT2D eigenvalue weighted by Gasteiger charge is -2.07. The number of hydrogen-bond donors (Lipinski definition) is 0. The molecule has 21 heavy (non-hydrogen) atoms. The SMILES string of the molecule is CCCCCCCCOCOCOCCCCCCCC. The van der Waals surface area contributed by atoms with E-state index in [1.54, 1.807) is 0 Å². The van der Waals surface area contributed by atoms with Crippen LogP contribution in [0.25, 0.3) is 0 Å². The van der Waals surface area contributed by atoms with Gasteiger partial charge in [-0.3, -0.25) is 0 Å². The molecule has 0 heterocycles. The van der Waals surface area contributed by atoms with Gasteiger partial charge in [-0.25, -0.2) is 0 Å². The van der Waals surface area contributed by atoms with Crippen molar-refractivity contribution in [3.8, 4) is 0 Å². The molecule has 0 aliphatic carbocycles. The highest BCUT2D eigenvalue weighted by molar-refractivity contribution is 4.43. The summed E-state index contributed by atoms with van der Waals surface area (Å²) in [5, 5.41) is 0. The van der Waals surface area contributed by atoms with Crippen LogP contribution in [0.3, 0.4) is 0 Å². The minimum Gasteiger partial charge on any atom is -0.355 e. The molecule has 128 valence electrons. The maximum atomic E-state index is 5.41. The topological polar surface area (TPSA) is 27.7 Å². The maximum absolute atomic E-state index is 5.41. The number of rotatable bonds is 18. The third kappa shape index (κ3) is 19.9. The Morgan fingerprint density at radius 1 is 0.429 bits per heavy atom. The number of ether oxygens (including phenoxy) is 3. The predicted octanol–water partition coefficient (Wildman–Crippen LogP) is 5.67. The summed E-state index contributed by atoms with van der Waals surface area (Å²) in [6, 6.07) is 0. The van der Waals surface area contributed by atoms with Gasteiger partial charge in [0.2, 0.25) is 0 Å². The van der Waals surface area contributed by atoms with Crippen molar-refractivity contribution < 1.29 is 14.2 Å². The van der Waals surface area contributed by atoms with Gasteiger partial charge in [-0.2, -0.15) is 0 Å². The summed E-state index contributed by atoms with van der Waals surface area (Å²) in [5.74, 6) is 0. The first kappa shape index (κ1) is 20.9. The van der Waals surface area contributed by atoms with Crippen molar-refractivity contribution >= 4 is 0 Å². The van der Waals surface area contributed by atoms with E-state index in [9.17, 15) is 0 Å². The van der Waals surface area contributed by atoms with Crippen LogP contribution in [0, 0.1) is 0 Å². The molecule has 0 bridgehead atoms. The van der Waals surface area contributed by atoms with E-state index in [-0.39, 0.29) is 0 Å². The van der Waals surface area contributed by atoms with Gasteiger partial charge in [0.15, 0.2) is 0 Å². The summed E-state index contributed by atoms with van der Waals surface area (Å²) in [6.45, 7) is 6.84. The molecule has 0 spiro atoms. The summed E-state index contributed by atoms with van der Waals surface area (Å²) in [5.41, 5.74) is 0. The zero-order chi connectivity index (χ0) is 15.4. The summed E-state index contributed by atoms with van der Waals surface area (Å²) in [7, 11) is 0. The van der Waals surface area contributed by atoms with Crippen LogP contribution in [0.1, 0.15) is 90.9 Å². The van der Waals surface area contributed by atoms with E-state index in [1.807, 2.05) is 0 Å². The molecule has 0 rings (SSSR count). The molecule has 0 saturated heterocycles. The van der Waals surface area contributed by atoms with Crippen LogP contribution in [-0.4, -0.2) is 26.8 Å². The molecule has 0 aromatic rings. The molecule has 0 aliphatic rings. The fourth-order valence-corrected chi connectivity index (χ4v) is 2.24. The molecule has 0 aliphatic heterocycles. The molecule has 0 aromatic heterocycles. The Hall–Kier alpha value is -0.120. The van der Waals surface area contributed by atoms with Gasteiger partial charge in [-0.15, -0.1) is 0 Å². The summed E-state index contributed by atoms with van der Waals surface area (Å²) in [6.07, 6.45) is 15.6. The first-order valence-electron chi connectivity index (χ1n) is 9.15. The molecule has 0 fully saturated rings. The molecule has 0 atom stereocenters. The van der Waals surface area contributed by atoms with Gasteiger partial charge in [-0.05, 0) is 12.8 Å². The second-order valence-corrected chi connectivity index (χ2v) is 5.79.